The van der Waals surface area contributed by atoms with E-state index in [1.807, 2.05) is 0 Å². The molecular weight excluding hydrogens is 128 g/mol. The summed E-state index contributed by atoms with van der Waals surface area (Å²) in [6.07, 6.45) is 4.27. The van der Waals surface area contributed by atoms with E-state index in [1.54, 1.807) is 0 Å². The van der Waals surface area contributed by atoms with E-state index in [0.29, 0.717) is 5.92 Å². The van der Waals surface area contributed by atoms with Crippen molar-refractivity contribution in [2.75, 3.05) is 0 Å². The van der Waals surface area contributed by atoms with Crippen molar-refractivity contribution in [1.82, 2.24) is 0 Å². The van der Waals surface area contributed by atoms with Crippen molar-refractivity contribution in [2.45, 2.75) is 43.8 Å². The van der Waals surface area contributed by atoms with Crippen molar-refractivity contribution in [3.63, 3.8) is 0 Å². The molecule has 1 atom stereocenters. The normalized spacial score (nSPS) is 53.4. The van der Waals surface area contributed by atoms with Crippen LogP contribution in [0.25, 0.3) is 0 Å². The van der Waals surface area contributed by atoms with Gasteiger partial charge in [0.15, 0.2) is 0 Å². The number of rotatable bonds is 0. The first kappa shape index (κ1) is 6.62. The molecule has 2 bridgehead atoms. The molecule has 3 saturated carbocycles. The zero-order chi connectivity index (χ0) is 7.19. The minimum absolute atomic E-state index is 0.431. The largest absolute Gasteiger partial charge is 0.390 e. The maximum absolute atomic E-state index is 9.74. The van der Waals surface area contributed by atoms with Crippen molar-refractivity contribution in [2.24, 2.45) is 5.92 Å². The molecule has 2 N–H and O–H groups in total. The minimum atomic E-state index is -0.700. The van der Waals surface area contributed by atoms with Crippen molar-refractivity contribution < 1.29 is 10.2 Å². The summed E-state index contributed by atoms with van der Waals surface area (Å²) < 4.78 is 0. The zero-order valence-corrected chi connectivity index (χ0v) is 6.08. The van der Waals surface area contributed by atoms with E-state index >= 15 is 0 Å². The van der Waals surface area contributed by atoms with Gasteiger partial charge in [0.25, 0.3) is 0 Å². The highest BCUT2D eigenvalue weighted by Crippen LogP contribution is 2.43. The van der Waals surface area contributed by atoms with Crippen molar-refractivity contribution >= 4 is 0 Å². The van der Waals surface area contributed by atoms with Gasteiger partial charge >= 0.3 is 0 Å². The molecule has 3 aliphatic carbocycles. The van der Waals surface area contributed by atoms with Crippen molar-refractivity contribution in [3.05, 3.63) is 0 Å². The summed E-state index contributed by atoms with van der Waals surface area (Å²) in [6, 6.07) is 0. The highest BCUT2D eigenvalue weighted by molar-refractivity contribution is 4.97. The summed E-state index contributed by atoms with van der Waals surface area (Å²) in [6.45, 7) is 0. The van der Waals surface area contributed by atoms with Gasteiger partial charge in [0, 0.05) is 0 Å². The van der Waals surface area contributed by atoms with Crippen molar-refractivity contribution in [3.8, 4) is 0 Å². The Morgan fingerprint density at radius 3 is 2.10 bits per heavy atom. The number of hydrogen-bond acceptors (Lipinski definition) is 2. The van der Waals surface area contributed by atoms with Gasteiger partial charge in [-0.25, -0.2) is 0 Å². The quantitative estimate of drug-likeness (QED) is 0.522. The van der Waals surface area contributed by atoms with Gasteiger partial charge in [-0.1, -0.05) is 0 Å². The molecule has 1 unspecified atom stereocenters. The van der Waals surface area contributed by atoms with Gasteiger partial charge in [-0.05, 0) is 38.0 Å². The lowest BCUT2D eigenvalue weighted by atomic mass is 9.66. The van der Waals surface area contributed by atoms with E-state index in [0.717, 1.165) is 32.1 Å². The summed E-state index contributed by atoms with van der Waals surface area (Å²) in [7, 11) is 0. The van der Waals surface area contributed by atoms with Crippen LogP contribution < -0.4 is 0 Å². The van der Waals surface area contributed by atoms with Gasteiger partial charge in [0.2, 0.25) is 0 Å². The summed E-state index contributed by atoms with van der Waals surface area (Å²) in [5, 5.41) is 19.1. The van der Waals surface area contributed by atoms with Crippen LogP contribution in [-0.2, 0) is 0 Å². The van der Waals surface area contributed by atoms with Gasteiger partial charge in [0.05, 0.1) is 11.7 Å². The Morgan fingerprint density at radius 1 is 1.20 bits per heavy atom. The molecule has 0 heterocycles. The molecule has 0 aliphatic heterocycles. The summed E-state index contributed by atoms with van der Waals surface area (Å²) in [5.74, 6) is 0.698. The SMILES string of the molecule is OC1CC2CCC1(O)CC2. The third kappa shape index (κ3) is 0.789. The third-order valence-corrected chi connectivity index (χ3v) is 3.15. The fourth-order valence-corrected chi connectivity index (χ4v) is 2.28. The predicted molar refractivity (Wildman–Crippen MR) is 37.5 cm³/mol. The molecule has 2 nitrogen and oxygen atoms in total. The van der Waals surface area contributed by atoms with Crippen LogP contribution in [0.15, 0.2) is 0 Å². The van der Waals surface area contributed by atoms with Crippen LogP contribution in [0.3, 0.4) is 0 Å². The molecule has 0 saturated heterocycles. The number of hydrogen-bond donors (Lipinski definition) is 2. The standard InChI is InChI=1S/C8H14O2/c9-7-5-6-1-3-8(7,10)4-2-6/h6-7,9-10H,1-5H2. The van der Waals surface area contributed by atoms with Crippen LogP contribution in [0.1, 0.15) is 32.1 Å². The monoisotopic (exact) mass is 142 g/mol. The lowest BCUT2D eigenvalue weighted by Crippen LogP contribution is -2.51. The highest BCUT2D eigenvalue weighted by Gasteiger charge is 2.45. The van der Waals surface area contributed by atoms with E-state index in [4.69, 9.17) is 0 Å². The Bertz CT molecular complexity index is 136. The van der Waals surface area contributed by atoms with Crippen LogP contribution in [0.2, 0.25) is 0 Å². The molecule has 0 aromatic heterocycles. The minimum Gasteiger partial charge on any atom is -0.390 e. The molecule has 0 aromatic carbocycles. The topological polar surface area (TPSA) is 40.5 Å². The number of fused-ring (bicyclic) bond motifs is 3. The molecule has 3 aliphatic rings. The van der Waals surface area contributed by atoms with Crippen molar-refractivity contribution in [1.29, 1.82) is 0 Å². The van der Waals surface area contributed by atoms with E-state index in [1.165, 1.54) is 0 Å². The van der Waals surface area contributed by atoms with Gasteiger partial charge in [0.1, 0.15) is 0 Å². The molecule has 0 aromatic rings. The van der Waals surface area contributed by atoms with Gasteiger partial charge in [-0.3, -0.25) is 0 Å². The lowest BCUT2D eigenvalue weighted by molar-refractivity contribution is -0.145. The first-order valence-corrected chi connectivity index (χ1v) is 4.11. The Labute approximate surface area is 60.9 Å². The fraction of sp³-hybridized carbons (Fsp3) is 1.00. The Balaban J connectivity index is 2.17. The molecule has 0 radical (unpaired) electrons. The molecule has 3 rings (SSSR count). The molecule has 10 heavy (non-hydrogen) atoms. The summed E-state index contributed by atoms with van der Waals surface area (Å²) in [4.78, 5) is 0. The molecule has 2 heteroatoms. The van der Waals surface area contributed by atoms with Crippen LogP contribution in [0.5, 0.6) is 0 Å². The molecule has 0 amide bonds. The predicted octanol–water partition coefficient (Wildman–Crippen LogP) is 0.672. The molecular formula is C8H14O2. The second kappa shape index (κ2) is 1.95. The van der Waals surface area contributed by atoms with Crippen LogP contribution >= 0.6 is 0 Å². The fourth-order valence-electron chi connectivity index (χ4n) is 2.28. The molecule has 58 valence electrons. The number of aliphatic hydroxyl groups is 2. The second-order valence-corrected chi connectivity index (χ2v) is 3.80. The highest BCUT2D eigenvalue weighted by atomic mass is 16.3. The van der Waals surface area contributed by atoms with Gasteiger partial charge in [-0.15, -0.1) is 0 Å². The first-order valence-electron chi connectivity index (χ1n) is 4.11. The van der Waals surface area contributed by atoms with Gasteiger partial charge in [-0.2, -0.15) is 0 Å². The zero-order valence-electron chi connectivity index (χ0n) is 6.08. The smallest absolute Gasteiger partial charge is 0.0905 e. The molecule has 3 fully saturated rings. The maximum Gasteiger partial charge on any atom is 0.0905 e. The Kier molecular flexibility index (Phi) is 1.29. The Hall–Kier alpha value is -0.0800. The van der Waals surface area contributed by atoms with E-state index in [-0.39, 0.29) is 0 Å². The average molecular weight is 142 g/mol. The lowest BCUT2D eigenvalue weighted by Gasteiger charge is -2.46. The first-order chi connectivity index (χ1) is 4.71. The van der Waals surface area contributed by atoms with E-state index < -0.39 is 11.7 Å². The third-order valence-electron chi connectivity index (χ3n) is 3.15. The Morgan fingerprint density at radius 2 is 1.80 bits per heavy atom. The van der Waals surface area contributed by atoms with Crippen LogP contribution in [0.4, 0.5) is 0 Å². The maximum atomic E-state index is 9.74. The van der Waals surface area contributed by atoms with Crippen LogP contribution in [0, 0.1) is 5.92 Å². The molecule has 0 spiro atoms. The van der Waals surface area contributed by atoms with Crippen LogP contribution in [-0.4, -0.2) is 21.9 Å². The van der Waals surface area contributed by atoms with E-state index in [2.05, 4.69) is 0 Å². The second-order valence-electron chi connectivity index (χ2n) is 3.80. The summed E-state index contributed by atoms with van der Waals surface area (Å²) in [5.41, 5.74) is -0.700. The van der Waals surface area contributed by atoms with Gasteiger partial charge < -0.3 is 10.2 Å². The summed E-state index contributed by atoms with van der Waals surface area (Å²) >= 11 is 0. The number of aliphatic hydroxyl groups excluding tert-OH is 1. The average Bonchev–Trinajstić information content (AvgIpc) is 1.92. The van der Waals surface area contributed by atoms with E-state index in [9.17, 15) is 10.2 Å².